The van der Waals surface area contributed by atoms with Crippen molar-refractivity contribution in [1.29, 1.82) is 0 Å². The molecule has 0 aromatic carbocycles. The van der Waals surface area contributed by atoms with Crippen LogP contribution in [0, 0.1) is 0 Å². The second kappa shape index (κ2) is 2.66. The van der Waals surface area contributed by atoms with Gasteiger partial charge in [-0.3, -0.25) is 4.79 Å². The van der Waals surface area contributed by atoms with Gasteiger partial charge in [0.25, 0.3) is 5.52 Å². The molecule has 0 aromatic heterocycles. The topological polar surface area (TPSA) is 69.4 Å². The Labute approximate surface area is 42.2 Å². The summed E-state index contributed by atoms with van der Waals surface area (Å²) in [5.74, 6) is 3.24. The predicted molar refractivity (Wildman–Crippen MR) is 25.0 cm³/mol. The molecule has 0 radical (unpaired) electrons. The summed E-state index contributed by atoms with van der Waals surface area (Å²) in [6.45, 7) is 0. The van der Waals surface area contributed by atoms with Crippen LogP contribution in [0.4, 0.5) is 0 Å². The van der Waals surface area contributed by atoms with Crippen LogP contribution < -0.4 is 5.90 Å². The average molecular weight is 121 g/mol. The van der Waals surface area contributed by atoms with Gasteiger partial charge in [-0.05, 0) is 0 Å². The van der Waals surface area contributed by atoms with Crippen LogP contribution in [-0.4, -0.2) is 11.5 Å². The molecule has 0 aliphatic heterocycles. The lowest BCUT2D eigenvalue weighted by atomic mass is 10.8. The van der Waals surface area contributed by atoms with Gasteiger partial charge in [-0.1, -0.05) is 9.24 Å². The van der Waals surface area contributed by atoms with Gasteiger partial charge in [0.2, 0.25) is 0 Å². The quantitative estimate of drug-likeness (QED) is 0.269. The van der Waals surface area contributed by atoms with Gasteiger partial charge in [-0.15, -0.1) is 0 Å². The minimum Gasteiger partial charge on any atom is -0.367 e. The maximum Gasteiger partial charge on any atom is 0.397 e. The van der Waals surface area contributed by atoms with E-state index in [1.54, 1.807) is 9.24 Å². The van der Waals surface area contributed by atoms with Gasteiger partial charge in [-0.25, -0.2) is 4.79 Å². The number of nitrogens with two attached hydrogens (primary N) is 1. The van der Waals surface area contributed by atoms with Crippen molar-refractivity contribution in [2.24, 2.45) is 5.90 Å². The van der Waals surface area contributed by atoms with Crippen LogP contribution in [0.5, 0.6) is 0 Å². The molecule has 1 unspecified atom stereocenters. The van der Waals surface area contributed by atoms with E-state index in [4.69, 9.17) is 0 Å². The van der Waals surface area contributed by atoms with E-state index in [0.29, 0.717) is 0 Å². The highest BCUT2D eigenvalue weighted by molar-refractivity contribution is 7.44. The summed E-state index contributed by atoms with van der Waals surface area (Å²) in [6, 6.07) is 0. The molecule has 0 fully saturated rings. The molecule has 0 rings (SSSR count). The Morgan fingerprint density at radius 3 is 2.00 bits per heavy atom. The summed E-state index contributed by atoms with van der Waals surface area (Å²) in [6.07, 6.45) is 0. The molecule has 40 valence electrons. The lowest BCUT2D eigenvalue weighted by molar-refractivity contribution is -0.150. The van der Waals surface area contributed by atoms with Gasteiger partial charge in [-0.2, -0.15) is 5.90 Å². The van der Waals surface area contributed by atoms with Crippen LogP contribution >= 0.6 is 9.24 Å². The molecule has 0 heterocycles. The van der Waals surface area contributed by atoms with E-state index in [1.165, 1.54) is 0 Å². The van der Waals surface area contributed by atoms with Crippen LogP contribution in [0.25, 0.3) is 0 Å². The fourth-order valence-electron chi connectivity index (χ4n) is 0.0581. The van der Waals surface area contributed by atoms with Gasteiger partial charge in [0.15, 0.2) is 0 Å². The first kappa shape index (κ1) is 6.53. The van der Waals surface area contributed by atoms with Gasteiger partial charge < -0.3 is 4.84 Å². The molecular formula is C2H4NO3P. The molecule has 0 aromatic rings. The van der Waals surface area contributed by atoms with Crippen LogP contribution in [0.2, 0.25) is 0 Å². The summed E-state index contributed by atoms with van der Waals surface area (Å²) in [5.41, 5.74) is -0.775. The number of hydrogen-bond acceptors (Lipinski definition) is 4. The second-order valence-electron chi connectivity index (χ2n) is 0.770. The lowest BCUT2D eigenvalue weighted by Crippen LogP contribution is -2.15. The number of hydrogen-bond donors (Lipinski definition) is 1. The zero-order valence-electron chi connectivity index (χ0n) is 3.38. The number of carbonyl (C=O) groups excluding carboxylic acids is 2. The third-order valence-electron chi connectivity index (χ3n) is 0.308. The van der Waals surface area contributed by atoms with E-state index >= 15 is 0 Å². The first-order chi connectivity index (χ1) is 3.18. The Balaban J connectivity index is 3.58. The highest BCUT2D eigenvalue weighted by atomic mass is 31.0. The zero-order valence-corrected chi connectivity index (χ0v) is 4.53. The molecule has 0 saturated carbocycles. The first-order valence-electron chi connectivity index (χ1n) is 1.39. The van der Waals surface area contributed by atoms with Crippen molar-refractivity contribution >= 4 is 20.7 Å². The summed E-state index contributed by atoms with van der Waals surface area (Å²) in [5, 5.41) is 0. The SMILES string of the molecule is NOC(=O)C(=O)P. The summed E-state index contributed by atoms with van der Waals surface area (Å²) >= 11 is 0. The van der Waals surface area contributed by atoms with E-state index in [9.17, 15) is 9.59 Å². The third-order valence-corrected chi connectivity index (χ3v) is 0.544. The maximum absolute atomic E-state index is 9.79. The molecule has 7 heavy (non-hydrogen) atoms. The number of rotatable bonds is 1. The second-order valence-corrected chi connectivity index (χ2v) is 1.29. The van der Waals surface area contributed by atoms with E-state index in [0.717, 1.165) is 0 Å². The molecule has 2 N–H and O–H groups in total. The average Bonchev–Trinajstić information content (AvgIpc) is 1.65. The number of carbonyl (C=O) groups is 2. The Morgan fingerprint density at radius 1 is 1.57 bits per heavy atom. The minimum absolute atomic E-state index is 0.775. The molecule has 0 saturated heterocycles. The van der Waals surface area contributed by atoms with Crippen LogP contribution in [-0.2, 0) is 14.4 Å². The Hall–Kier alpha value is -0.470. The van der Waals surface area contributed by atoms with Crippen molar-refractivity contribution in [2.45, 2.75) is 0 Å². The monoisotopic (exact) mass is 121 g/mol. The van der Waals surface area contributed by atoms with Crippen molar-refractivity contribution in [1.82, 2.24) is 0 Å². The fourth-order valence-corrected chi connectivity index (χ4v) is 0.126. The van der Waals surface area contributed by atoms with Gasteiger partial charge in [0.1, 0.15) is 0 Å². The predicted octanol–water partition coefficient (Wildman–Crippen LogP) is -1.20. The molecular weight excluding hydrogens is 117 g/mol. The summed E-state index contributed by atoms with van der Waals surface area (Å²) in [7, 11) is 1.62. The lowest BCUT2D eigenvalue weighted by Gasteiger charge is -1.85. The smallest absolute Gasteiger partial charge is 0.367 e. The third kappa shape index (κ3) is 2.25. The normalized spacial score (nSPS) is 7.71. The van der Waals surface area contributed by atoms with E-state index < -0.39 is 11.5 Å². The van der Waals surface area contributed by atoms with E-state index in [2.05, 4.69) is 10.7 Å². The first-order valence-corrected chi connectivity index (χ1v) is 1.96. The summed E-state index contributed by atoms with van der Waals surface area (Å²) < 4.78 is 0. The van der Waals surface area contributed by atoms with Crippen molar-refractivity contribution in [3.63, 3.8) is 0 Å². The maximum atomic E-state index is 9.79. The van der Waals surface area contributed by atoms with Gasteiger partial charge >= 0.3 is 5.97 Å². The molecule has 0 aliphatic rings. The van der Waals surface area contributed by atoms with Gasteiger partial charge in [0, 0.05) is 0 Å². The standard InChI is InChI=1S/C2H4NO3P/c3-6-1(4)2(5)7/h3,7H2. The van der Waals surface area contributed by atoms with Crippen molar-refractivity contribution in [2.75, 3.05) is 0 Å². The van der Waals surface area contributed by atoms with E-state index in [1.807, 2.05) is 0 Å². The molecule has 0 bridgehead atoms. The van der Waals surface area contributed by atoms with Gasteiger partial charge in [0.05, 0.1) is 0 Å². The van der Waals surface area contributed by atoms with E-state index in [-0.39, 0.29) is 0 Å². The zero-order chi connectivity index (χ0) is 5.86. The van der Waals surface area contributed by atoms with Crippen LogP contribution in [0.3, 0.4) is 0 Å². The highest BCUT2D eigenvalue weighted by Gasteiger charge is 2.04. The van der Waals surface area contributed by atoms with Crippen molar-refractivity contribution < 1.29 is 14.4 Å². The highest BCUT2D eigenvalue weighted by Crippen LogP contribution is 1.83. The minimum atomic E-state index is -1.05. The van der Waals surface area contributed by atoms with Crippen molar-refractivity contribution in [3.8, 4) is 0 Å². The molecule has 0 amide bonds. The summed E-state index contributed by atoms with van der Waals surface area (Å²) in [4.78, 5) is 23.1. The Morgan fingerprint density at radius 2 is 2.00 bits per heavy atom. The Kier molecular flexibility index (Phi) is 2.48. The fraction of sp³-hybridized carbons (Fsp3) is 0. The van der Waals surface area contributed by atoms with Crippen LogP contribution in [0.1, 0.15) is 0 Å². The molecule has 5 heteroatoms. The molecule has 1 atom stereocenters. The molecule has 0 aliphatic carbocycles. The van der Waals surface area contributed by atoms with Crippen molar-refractivity contribution in [3.05, 3.63) is 0 Å². The Bertz CT molecular complexity index is 101. The largest absolute Gasteiger partial charge is 0.397 e. The molecule has 0 spiro atoms. The van der Waals surface area contributed by atoms with Crippen LogP contribution in [0.15, 0.2) is 0 Å². The molecule has 4 nitrogen and oxygen atoms in total.